The van der Waals surface area contributed by atoms with Crippen LogP contribution in [-0.2, 0) is 0 Å². The second-order valence-electron chi connectivity index (χ2n) is 3.86. The molecule has 0 fully saturated rings. The van der Waals surface area contributed by atoms with Gasteiger partial charge in [-0.25, -0.2) is 0 Å². The Bertz CT molecular complexity index is 575. The Morgan fingerprint density at radius 2 is 2.06 bits per heavy atom. The molecule has 4 heteroatoms. The van der Waals surface area contributed by atoms with E-state index in [1.807, 2.05) is 19.1 Å². The maximum absolute atomic E-state index is 5.20. The van der Waals surface area contributed by atoms with Gasteiger partial charge in [-0.2, -0.15) is 5.10 Å². The van der Waals surface area contributed by atoms with E-state index < -0.39 is 0 Å². The lowest BCUT2D eigenvalue weighted by Gasteiger charge is -2.08. The van der Waals surface area contributed by atoms with E-state index in [-0.39, 0.29) is 0 Å². The lowest BCUT2D eigenvalue weighted by Crippen LogP contribution is -2.07. The number of thioether (sulfide) groups is 1. The van der Waals surface area contributed by atoms with E-state index in [2.05, 4.69) is 33.6 Å². The van der Waals surface area contributed by atoms with Crippen molar-refractivity contribution in [1.29, 1.82) is 0 Å². The minimum atomic E-state index is 0.752. The van der Waals surface area contributed by atoms with E-state index in [4.69, 9.17) is 6.42 Å². The van der Waals surface area contributed by atoms with Crippen molar-refractivity contribution in [2.45, 2.75) is 6.92 Å². The van der Waals surface area contributed by atoms with E-state index in [1.54, 1.807) is 11.8 Å². The number of anilines is 1. The van der Waals surface area contributed by atoms with Crippen LogP contribution in [0.2, 0.25) is 0 Å². The minimum Gasteiger partial charge on any atom is -0.367 e. The average Bonchev–Trinajstić information content (AvgIpc) is 2.41. The largest absolute Gasteiger partial charge is 0.367 e. The molecule has 0 unspecified atom stereocenters. The van der Waals surface area contributed by atoms with Crippen LogP contribution in [0.1, 0.15) is 5.69 Å². The van der Waals surface area contributed by atoms with Gasteiger partial charge in [-0.05, 0) is 6.92 Å². The molecule has 0 saturated heterocycles. The van der Waals surface area contributed by atoms with Gasteiger partial charge in [-0.1, -0.05) is 30.2 Å². The van der Waals surface area contributed by atoms with Crippen molar-refractivity contribution in [2.24, 2.45) is 0 Å². The van der Waals surface area contributed by atoms with Gasteiger partial charge < -0.3 is 5.32 Å². The van der Waals surface area contributed by atoms with Crippen LogP contribution in [0.4, 0.5) is 5.82 Å². The monoisotopic (exact) mass is 257 g/mol. The molecular weight excluding hydrogens is 242 g/mol. The number of hydrogen-bond acceptors (Lipinski definition) is 4. The fourth-order valence-electron chi connectivity index (χ4n) is 1.74. The zero-order valence-electron chi connectivity index (χ0n) is 10.3. The van der Waals surface area contributed by atoms with E-state index in [0.29, 0.717) is 0 Å². The molecule has 0 saturated carbocycles. The van der Waals surface area contributed by atoms with E-state index in [1.165, 1.54) is 0 Å². The molecule has 0 aliphatic heterocycles. The molecule has 1 aromatic heterocycles. The summed E-state index contributed by atoms with van der Waals surface area (Å²) < 4.78 is 0. The Labute approximate surface area is 111 Å². The SMILES string of the molecule is C#CCSCCNc1nnc(C)c2ccccc12. The van der Waals surface area contributed by atoms with Gasteiger partial charge in [-0.3, -0.25) is 0 Å². The second-order valence-corrected chi connectivity index (χ2v) is 4.97. The fourth-order valence-corrected chi connectivity index (χ4v) is 2.25. The third-order valence-electron chi connectivity index (χ3n) is 2.60. The average molecular weight is 257 g/mol. The summed E-state index contributed by atoms with van der Waals surface area (Å²) in [5, 5.41) is 14.0. The summed E-state index contributed by atoms with van der Waals surface area (Å²) in [6, 6.07) is 8.16. The van der Waals surface area contributed by atoms with Gasteiger partial charge in [0.2, 0.25) is 0 Å². The molecule has 2 aromatic rings. The van der Waals surface area contributed by atoms with Gasteiger partial charge in [0.25, 0.3) is 0 Å². The number of fused-ring (bicyclic) bond motifs is 1. The van der Waals surface area contributed by atoms with Gasteiger partial charge in [0.15, 0.2) is 5.82 Å². The lowest BCUT2D eigenvalue weighted by atomic mass is 10.1. The summed E-state index contributed by atoms with van der Waals surface area (Å²) >= 11 is 1.73. The summed E-state index contributed by atoms with van der Waals surface area (Å²) in [6.07, 6.45) is 5.20. The first kappa shape index (κ1) is 12.7. The summed E-state index contributed by atoms with van der Waals surface area (Å²) in [4.78, 5) is 0. The van der Waals surface area contributed by atoms with Crippen LogP contribution in [0.25, 0.3) is 10.8 Å². The Hall–Kier alpha value is -1.73. The standard InChI is InChI=1S/C14H15N3S/c1-3-9-18-10-8-15-14-13-7-5-4-6-12(13)11(2)16-17-14/h1,4-7H,8-10H2,2H3,(H,15,17). The number of rotatable bonds is 5. The van der Waals surface area contributed by atoms with Crippen molar-refractivity contribution in [2.75, 3.05) is 23.4 Å². The molecule has 0 radical (unpaired) electrons. The van der Waals surface area contributed by atoms with Crippen LogP contribution in [0, 0.1) is 19.3 Å². The Kier molecular flexibility index (Phi) is 4.43. The predicted molar refractivity (Wildman–Crippen MR) is 78.9 cm³/mol. The molecule has 0 atom stereocenters. The van der Waals surface area contributed by atoms with Crippen LogP contribution >= 0.6 is 11.8 Å². The highest BCUT2D eigenvalue weighted by Crippen LogP contribution is 2.22. The topological polar surface area (TPSA) is 37.8 Å². The maximum Gasteiger partial charge on any atom is 0.156 e. The summed E-state index contributed by atoms with van der Waals surface area (Å²) in [5.74, 6) is 5.17. The molecule has 1 aromatic carbocycles. The zero-order chi connectivity index (χ0) is 12.8. The first-order chi connectivity index (χ1) is 8.83. The Morgan fingerprint density at radius 3 is 2.83 bits per heavy atom. The predicted octanol–water partition coefficient (Wildman–Crippen LogP) is 2.72. The van der Waals surface area contributed by atoms with Crippen LogP contribution in [0.3, 0.4) is 0 Å². The van der Waals surface area contributed by atoms with Gasteiger partial charge in [0.1, 0.15) is 0 Å². The van der Waals surface area contributed by atoms with Crippen LogP contribution in [0.5, 0.6) is 0 Å². The first-order valence-electron chi connectivity index (χ1n) is 5.80. The highest BCUT2D eigenvalue weighted by Gasteiger charge is 2.04. The van der Waals surface area contributed by atoms with Crippen molar-refractivity contribution in [1.82, 2.24) is 10.2 Å². The number of terminal acetylenes is 1. The van der Waals surface area contributed by atoms with Crippen molar-refractivity contribution in [3.05, 3.63) is 30.0 Å². The normalized spacial score (nSPS) is 10.2. The van der Waals surface area contributed by atoms with Gasteiger partial charge >= 0.3 is 0 Å². The van der Waals surface area contributed by atoms with E-state index in [0.717, 1.165) is 40.3 Å². The van der Waals surface area contributed by atoms with Gasteiger partial charge in [0, 0.05) is 23.1 Å². The molecular formula is C14H15N3S. The van der Waals surface area contributed by atoms with Crippen LogP contribution in [-0.4, -0.2) is 28.2 Å². The third kappa shape index (κ3) is 2.93. The highest BCUT2D eigenvalue weighted by molar-refractivity contribution is 7.99. The summed E-state index contributed by atoms with van der Waals surface area (Å²) in [6.45, 7) is 2.82. The number of aryl methyl sites for hydroxylation is 1. The molecule has 0 amide bonds. The van der Waals surface area contributed by atoms with Crippen LogP contribution in [0.15, 0.2) is 24.3 Å². The van der Waals surface area contributed by atoms with Crippen molar-refractivity contribution < 1.29 is 0 Å². The quantitative estimate of drug-likeness (QED) is 0.660. The molecule has 2 rings (SSSR count). The molecule has 0 spiro atoms. The highest BCUT2D eigenvalue weighted by atomic mass is 32.2. The second kappa shape index (κ2) is 6.27. The third-order valence-corrected chi connectivity index (χ3v) is 3.46. The maximum atomic E-state index is 5.20. The summed E-state index contributed by atoms with van der Waals surface area (Å²) in [5.41, 5.74) is 0.956. The minimum absolute atomic E-state index is 0.752. The Morgan fingerprint density at radius 1 is 1.28 bits per heavy atom. The number of nitrogens with one attached hydrogen (secondary N) is 1. The number of nitrogens with zero attached hydrogens (tertiary/aromatic N) is 2. The van der Waals surface area contributed by atoms with Crippen LogP contribution < -0.4 is 5.32 Å². The Balaban J connectivity index is 2.09. The van der Waals surface area contributed by atoms with E-state index >= 15 is 0 Å². The summed E-state index contributed by atoms with van der Waals surface area (Å²) in [7, 11) is 0. The van der Waals surface area contributed by atoms with E-state index in [9.17, 15) is 0 Å². The van der Waals surface area contributed by atoms with Crippen molar-refractivity contribution in [3.8, 4) is 12.3 Å². The smallest absolute Gasteiger partial charge is 0.156 e. The molecule has 0 aliphatic carbocycles. The molecule has 3 nitrogen and oxygen atoms in total. The molecule has 0 aliphatic rings. The fraction of sp³-hybridized carbons (Fsp3) is 0.286. The van der Waals surface area contributed by atoms with Gasteiger partial charge in [-0.15, -0.1) is 23.3 Å². The number of hydrogen-bond donors (Lipinski definition) is 1. The molecule has 92 valence electrons. The first-order valence-corrected chi connectivity index (χ1v) is 6.95. The zero-order valence-corrected chi connectivity index (χ0v) is 11.1. The number of benzene rings is 1. The lowest BCUT2D eigenvalue weighted by molar-refractivity contribution is 0.992. The molecule has 0 bridgehead atoms. The number of aromatic nitrogens is 2. The van der Waals surface area contributed by atoms with Crippen molar-refractivity contribution >= 4 is 28.4 Å². The van der Waals surface area contributed by atoms with Crippen molar-refractivity contribution in [3.63, 3.8) is 0 Å². The molecule has 1 heterocycles. The van der Waals surface area contributed by atoms with Gasteiger partial charge in [0.05, 0.1) is 11.4 Å². The molecule has 1 N–H and O–H groups in total. The molecule has 18 heavy (non-hydrogen) atoms.